The lowest BCUT2D eigenvalue weighted by Crippen LogP contribution is -2.17. The highest BCUT2D eigenvalue weighted by atomic mass is 32.1. The van der Waals surface area contributed by atoms with Crippen molar-refractivity contribution in [1.82, 2.24) is 9.55 Å². The fourth-order valence-electron chi connectivity index (χ4n) is 2.42. The predicted molar refractivity (Wildman–Crippen MR) is 95.3 cm³/mol. The Morgan fingerprint density at radius 2 is 1.92 bits per heavy atom. The molecule has 0 aliphatic rings. The van der Waals surface area contributed by atoms with E-state index in [1.165, 1.54) is 29.3 Å². The smallest absolute Gasteiger partial charge is 0.337 e. The molecule has 0 aliphatic heterocycles. The minimum Gasteiger partial charge on any atom is -0.465 e. The topological polar surface area (TPSA) is 90.3 Å². The van der Waals surface area contributed by atoms with E-state index >= 15 is 0 Å². The summed E-state index contributed by atoms with van der Waals surface area (Å²) in [4.78, 5) is 41.4. The molecule has 1 aromatic carbocycles. The van der Waals surface area contributed by atoms with E-state index in [-0.39, 0.29) is 11.5 Å². The van der Waals surface area contributed by atoms with Crippen LogP contribution >= 0.6 is 11.3 Å². The van der Waals surface area contributed by atoms with Gasteiger partial charge >= 0.3 is 5.97 Å². The fourth-order valence-corrected chi connectivity index (χ4v) is 3.46. The summed E-state index contributed by atoms with van der Waals surface area (Å²) in [5.41, 5.74) is 1.36. The summed E-state index contributed by atoms with van der Waals surface area (Å²) >= 11 is 1.18. The number of aromatic nitrogens is 2. The number of methoxy groups -OCH3 is 1. The van der Waals surface area contributed by atoms with Crippen molar-refractivity contribution in [2.75, 3.05) is 12.4 Å². The first-order valence-corrected chi connectivity index (χ1v) is 8.18. The highest BCUT2D eigenvalue weighted by molar-refractivity contribution is 7.20. The monoisotopic (exact) mass is 357 g/mol. The summed E-state index contributed by atoms with van der Waals surface area (Å²) < 4.78 is 6.02. The lowest BCUT2D eigenvalue weighted by Gasteiger charge is -2.05. The van der Waals surface area contributed by atoms with Gasteiger partial charge in [-0.25, -0.2) is 9.78 Å². The molecule has 2 aromatic heterocycles. The second kappa shape index (κ2) is 6.48. The SMILES string of the molecule is COC(=O)c1ccc(NC(=O)c2sc3ncn(C)c(=O)c3c2C)cc1. The first-order valence-electron chi connectivity index (χ1n) is 7.37. The molecule has 1 N–H and O–H groups in total. The van der Waals surface area contributed by atoms with Gasteiger partial charge in [-0.05, 0) is 36.8 Å². The first kappa shape index (κ1) is 16.8. The van der Waals surface area contributed by atoms with Gasteiger partial charge in [0.25, 0.3) is 11.5 Å². The van der Waals surface area contributed by atoms with E-state index in [2.05, 4.69) is 15.0 Å². The van der Waals surface area contributed by atoms with Crippen LogP contribution in [0.25, 0.3) is 10.2 Å². The van der Waals surface area contributed by atoms with Crippen LogP contribution in [0.3, 0.4) is 0 Å². The lowest BCUT2D eigenvalue weighted by molar-refractivity contribution is 0.0600. The van der Waals surface area contributed by atoms with Gasteiger partial charge in [-0.3, -0.25) is 9.59 Å². The van der Waals surface area contributed by atoms with E-state index in [1.807, 2.05) is 0 Å². The second-order valence-corrected chi connectivity index (χ2v) is 6.42. The van der Waals surface area contributed by atoms with Crippen molar-refractivity contribution < 1.29 is 14.3 Å². The third-order valence-corrected chi connectivity index (χ3v) is 4.98. The number of hydrogen-bond acceptors (Lipinski definition) is 6. The normalized spacial score (nSPS) is 10.7. The van der Waals surface area contributed by atoms with Crippen LogP contribution in [0.4, 0.5) is 5.69 Å². The number of fused-ring (bicyclic) bond motifs is 1. The largest absolute Gasteiger partial charge is 0.465 e. The van der Waals surface area contributed by atoms with Gasteiger partial charge in [0.2, 0.25) is 0 Å². The maximum absolute atomic E-state index is 12.5. The molecular weight excluding hydrogens is 342 g/mol. The maximum atomic E-state index is 12.5. The van der Waals surface area contributed by atoms with Gasteiger partial charge in [-0.2, -0.15) is 0 Å². The molecule has 7 nitrogen and oxygen atoms in total. The molecule has 0 saturated carbocycles. The van der Waals surface area contributed by atoms with Gasteiger partial charge in [0.15, 0.2) is 0 Å². The van der Waals surface area contributed by atoms with Gasteiger partial charge in [0.05, 0.1) is 29.3 Å². The number of anilines is 1. The number of ether oxygens (including phenoxy) is 1. The maximum Gasteiger partial charge on any atom is 0.337 e. The lowest BCUT2D eigenvalue weighted by atomic mass is 10.2. The minimum atomic E-state index is -0.444. The Bertz CT molecular complexity index is 1030. The molecular formula is C17H15N3O4S. The fraction of sp³-hybridized carbons (Fsp3) is 0.176. The Balaban J connectivity index is 1.90. The van der Waals surface area contributed by atoms with Gasteiger partial charge in [0.1, 0.15) is 4.83 Å². The Hall–Kier alpha value is -3.00. The second-order valence-electron chi connectivity index (χ2n) is 5.42. The molecule has 25 heavy (non-hydrogen) atoms. The molecule has 2 heterocycles. The number of esters is 1. The summed E-state index contributed by atoms with van der Waals surface area (Å²) in [6, 6.07) is 6.36. The standard InChI is InChI=1S/C17H15N3O4S/c1-9-12-15(18-8-20(2)16(12)22)25-13(9)14(21)19-11-6-4-10(5-7-11)17(23)24-3/h4-8H,1-3H3,(H,19,21). The average Bonchev–Trinajstić information content (AvgIpc) is 2.95. The van der Waals surface area contributed by atoms with Crippen LogP contribution in [-0.4, -0.2) is 28.5 Å². The van der Waals surface area contributed by atoms with E-state index < -0.39 is 5.97 Å². The van der Waals surface area contributed by atoms with Crippen LogP contribution in [-0.2, 0) is 11.8 Å². The molecule has 0 saturated heterocycles. The number of rotatable bonds is 3. The Morgan fingerprint density at radius 1 is 1.24 bits per heavy atom. The predicted octanol–water partition coefficient (Wildman–Crippen LogP) is 2.34. The van der Waals surface area contributed by atoms with Crippen LogP contribution < -0.4 is 10.9 Å². The third kappa shape index (κ3) is 3.03. The zero-order chi connectivity index (χ0) is 18.1. The van der Waals surface area contributed by atoms with Gasteiger partial charge in [0, 0.05) is 12.7 Å². The molecule has 1 amide bonds. The molecule has 3 aromatic rings. The quantitative estimate of drug-likeness (QED) is 0.727. The van der Waals surface area contributed by atoms with E-state index in [4.69, 9.17) is 0 Å². The summed E-state index contributed by atoms with van der Waals surface area (Å²) in [6.07, 6.45) is 1.44. The number of benzene rings is 1. The van der Waals surface area contributed by atoms with E-state index in [0.717, 1.165) is 0 Å². The van der Waals surface area contributed by atoms with Crippen molar-refractivity contribution in [3.8, 4) is 0 Å². The van der Waals surface area contributed by atoms with Crippen molar-refractivity contribution in [3.05, 3.63) is 57.0 Å². The number of carbonyl (C=O) groups is 2. The zero-order valence-corrected chi connectivity index (χ0v) is 14.6. The number of carbonyl (C=O) groups excluding carboxylic acids is 2. The number of hydrogen-bond donors (Lipinski definition) is 1. The van der Waals surface area contributed by atoms with E-state index in [9.17, 15) is 14.4 Å². The third-order valence-electron chi connectivity index (χ3n) is 3.78. The van der Waals surface area contributed by atoms with Crippen LogP contribution in [0.5, 0.6) is 0 Å². The number of aryl methyl sites for hydroxylation is 2. The molecule has 0 aliphatic carbocycles. The van der Waals surface area contributed by atoms with Crippen molar-refractivity contribution in [2.24, 2.45) is 7.05 Å². The average molecular weight is 357 g/mol. The Morgan fingerprint density at radius 3 is 2.56 bits per heavy atom. The highest BCUT2D eigenvalue weighted by Gasteiger charge is 2.19. The molecule has 0 atom stereocenters. The van der Waals surface area contributed by atoms with Gasteiger partial charge in [-0.15, -0.1) is 11.3 Å². The van der Waals surface area contributed by atoms with Crippen LogP contribution in [0.15, 0.2) is 35.4 Å². The first-order chi connectivity index (χ1) is 11.9. The van der Waals surface area contributed by atoms with Crippen LogP contribution in [0, 0.1) is 6.92 Å². The molecule has 128 valence electrons. The zero-order valence-electron chi connectivity index (χ0n) is 13.8. The van der Waals surface area contributed by atoms with Crippen LogP contribution in [0.2, 0.25) is 0 Å². The van der Waals surface area contributed by atoms with Crippen LogP contribution in [0.1, 0.15) is 25.6 Å². The summed E-state index contributed by atoms with van der Waals surface area (Å²) in [5, 5.41) is 3.22. The highest BCUT2D eigenvalue weighted by Crippen LogP contribution is 2.27. The molecule has 0 bridgehead atoms. The number of nitrogens with zero attached hydrogens (tertiary/aromatic N) is 2. The van der Waals surface area contributed by atoms with Crippen molar-refractivity contribution in [1.29, 1.82) is 0 Å². The Kier molecular flexibility index (Phi) is 4.37. The number of amides is 1. The van der Waals surface area contributed by atoms with Gasteiger partial charge in [-0.1, -0.05) is 0 Å². The molecule has 0 radical (unpaired) electrons. The van der Waals surface area contributed by atoms with Crippen molar-refractivity contribution in [3.63, 3.8) is 0 Å². The van der Waals surface area contributed by atoms with E-state index in [1.54, 1.807) is 38.2 Å². The minimum absolute atomic E-state index is 0.180. The molecule has 0 fully saturated rings. The van der Waals surface area contributed by atoms with Crippen molar-refractivity contribution >= 4 is 39.1 Å². The summed E-state index contributed by atoms with van der Waals surface area (Å²) in [6.45, 7) is 1.73. The molecule has 0 unspecified atom stereocenters. The molecule has 3 rings (SSSR count). The molecule has 0 spiro atoms. The van der Waals surface area contributed by atoms with Gasteiger partial charge < -0.3 is 14.6 Å². The Labute approximate surface area is 146 Å². The van der Waals surface area contributed by atoms with Crippen molar-refractivity contribution in [2.45, 2.75) is 6.92 Å². The summed E-state index contributed by atoms with van der Waals surface area (Å²) in [7, 11) is 2.93. The number of nitrogens with one attached hydrogen (secondary N) is 1. The number of thiophene rings is 1. The van der Waals surface area contributed by atoms with E-state index in [0.29, 0.717) is 31.9 Å². The summed E-state index contributed by atoms with van der Waals surface area (Å²) in [5.74, 6) is -0.770. The molecule has 8 heteroatoms.